The molecule has 2 atom stereocenters. The van der Waals surface area contributed by atoms with Gasteiger partial charge >= 0.3 is 0 Å². The molecule has 3 nitrogen and oxygen atoms in total. The molecule has 0 aromatic carbocycles. The third-order valence-electron chi connectivity index (χ3n) is 2.96. The molecule has 4 heteroatoms. The van der Waals surface area contributed by atoms with Gasteiger partial charge in [0.15, 0.2) is 0 Å². The number of hydrogen-bond donors (Lipinski definition) is 2. The summed E-state index contributed by atoms with van der Waals surface area (Å²) in [6.07, 6.45) is 6.13. The van der Waals surface area contributed by atoms with Crippen LogP contribution < -0.4 is 11.1 Å². The van der Waals surface area contributed by atoms with Crippen molar-refractivity contribution in [2.24, 2.45) is 11.7 Å². The molecule has 0 aromatic rings. The van der Waals surface area contributed by atoms with Crippen LogP contribution >= 0.6 is 12.2 Å². The molecule has 100 valence electrons. The molecule has 0 heterocycles. The summed E-state index contributed by atoms with van der Waals surface area (Å²) in [4.78, 5) is 12.3. The van der Waals surface area contributed by atoms with Crippen LogP contribution in [0.5, 0.6) is 0 Å². The summed E-state index contributed by atoms with van der Waals surface area (Å²) in [5.41, 5.74) is 5.57. The Morgan fingerprint density at radius 1 is 1.24 bits per heavy atom. The molecular formula is C13H26N2OS. The van der Waals surface area contributed by atoms with Crippen molar-refractivity contribution >= 4 is 23.1 Å². The largest absolute Gasteiger partial charge is 0.393 e. The minimum atomic E-state index is -0.314. The molecule has 2 unspecified atom stereocenters. The maximum Gasteiger partial charge on any atom is 0.230 e. The third kappa shape index (κ3) is 6.61. The third-order valence-corrected chi connectivity index (χ3v) is 3.24. The molecular weight excluding hydrogens is 232 g/mol. The summed E-state index contributed by atoms with van der Waals surface area (Å²) in [5.74, 6) is -0.319. The quantitative estimate of drug-likeness (QED) is 0.625. The number of hydrogen-bond acceptors (Lipinski definition) is 2. The van der Waals surface area contributed by atoms with Crippen LogP contribution in [0.15, 0.2) is 0 Å². The molecule has 0 aliphatic rings. The molecule has 0 fully saturated rings. The number of unbranched alkanes of at least 4 members (excludes halogenated alkanes) is 1. The van der Waals surface area contributed by atoms with Crippen LogP contribution in [-0.2, 0) is 4.79 Å². The number of amides is 1. The molecule has 0 saturated heterocycles. The van der Waals surface area contributed by atoms with E-state index >= 15 is 0 Å². The monoisotopic (exact) mass is 258 g/mol. The van der Waals surface area contributed by atoms with Crippen LogP contribution in [0.2, 0.25) is 0 Å². The fraction of sp³-hybridized carbons (Fsp3) is 0.846. The van der Waals surface area contributed by atoms with Crippen LogP contribution in [0.3, 0.4) is 0 Å². The van der Waals surface area contributed by atoms with Gasteiger partial charge in [0.1, 0.15) is 0 Å². The first-order chi connectivity index (χ1) is 8.06. The topological polar surface area (TPSA) is 55.1 Å². The van der Waals surface area contributed by atoms with Crippen LogP contribution in [0.4, 0.5) is 0 Å². The minimum Gasteiger partial charge on any atom is -0.393 e. The van der Waals surface area contributed by atoms with E-state index in [4.69, 9.17) is 18.0 Å². The zero-order valence-electron chi connectivity index (χ0n) is 11.3. The van der Waals surface area contributed by atoms with E-state index in [9.17, 15) is 4.79 Å². The molecule has 0 aliphatic carbocycles. The zero-order valence-corrected chi connectivity index (χ0v) is 12.1. The summed E-state index contributed by atoms with van der Waals surface area (Å²) < 4.78 is 0. The van der Waals surface area contributed by atoms with Gasteiger partial charge in [-0.1, -0.05) is 52.3 Å². The molecule has 3 N–H and O–H groups in total. The Balaban J connectivity index is 4.31. The Morgan fingerprint density at radius 2 is 1.88 bits per heavy atom. The van der Waals surface area contributed by atoms with E-state index < -0.39 is 0 Å². The van der Waals surface area contributed by atoms with Gasteiger partial charge in [-0.25, -0.2) is 0 Å². The lowest BCUT2D eigenvalue weighted by atomic mass is 10.0. The fourth-order valence-electron chi connectivity index (χ4n) is 1.91. The van der Waals surface area contributed by atoms with E-state index in [2.05, 4.69) is 19.2 Å². The van der Waals surface area contributed by atoms with Gasteiger partial charge in [0.05, 0.1) is 10.9 Å². The smallest absolute Gasteiger partial charge is 0.230 e. The first-order valence-electron chi connectivity index (χ1n) is 6.66. The maximum absolute atomic E-state index is 12.0. The van der Waals surface area contributed by atoms with Crippen LogP contribution in [0, 0.1) is 5.92 Å². The van der Waals surface area contributed by atoms with Gasteiger partial charge in [-0.3, -0.25) is 4.79 Å². The highest BCUT2D eigenvalue weighted by atomic mass is 32.1. The van der Waals surface area contributed by atoms with Crippen molar-refractivity contribution in [3.63, 3.8) is 0 Å². The van der Waals surface area contributed by atoms with E-state index in [0.29, 0.717) is 11.4 Å². The number of carbonyl (C=O) groups is 1. The Kier molecular flexibility index (Phi) is 9.04. The highest BCUT2D eigenvalue weighted by Crippen LogP contribution is 2.10. The SMILES string of the molecule is CCCCC(CCC)NC(=O)C(CC)C(N)=S. The normalized spacial score (nSPS) is 14.1. The second-order valence-electron chi connectivity index (χ2n) is 4.50. The highest BCUT2D eigenvalue weighted by molar-refractivity contribution is 7.80. The standard InChI is InChI=1S/C13H26N2OS/c1-4-7-9-10(8-5-2)15-13(16)11(6-3)12(14)17/h10-11H,4-9H2,1-3H3,(H2,14,17)(H,15,16). The van der Waals surface area contributed by atoms with Crippen LogP contribution in [-0.4, -0.2) is 16.9 Å². The van der Waals surface area contributed by atoms with Gasteiger partial charge in [0, 0.05) is 6.04 Å². The lowest BCUT2D eigenvalue weighted by molar-refractivity contribution is -0.123. The summed E-state index contributed by atoms with van der Waals surface area (Å²) in [6.45, 7) is 6.23. The lowest BCUT2D eigenvalue weighted by Crippen LogP contribution is -2.42. The van der Waals surface area contributed by atoms with E-state index in [1.54, 1.807) is 0 Å². The van der Waals surface area contributed by atoms with Crippen molar-refractivity contribution in [2.75, 3.05) is 0 Å². The number of carbonyl (C=O) groups excluding carboxylic acids is 1. The van der Waals surface area contributed by atoms with Gasteiger partial charge in [-0.2, -0.15) is 0 Å². The molecule has 1 amide bonds. The fourth-order valence-corrected chi connectivity index (χ4v) is 2.18. The van der Waals surface area contributed by atoms with Gasteiger partial charge in [-0.05, 0) is 19.3 Å². The molecule has 0 saturated carbocycles. The van der Waals surface area contributed by atoms with E-state index in [0.717, 1.165) is 32.1 Å². The Hall–Kier alpha value is -0.640. The van der Waals surface area contributed by atoms with E-state index in [-0.39, 0.29) is 17.9 Å². The molecule has 0 aromatic heterocycles. The number of nitrogens with one attached hydrogen (secondary N) is 1. The second kappa shape index (κ2) is 9.40. The highest BCUT2D eigenvalue weighted by Gasteiger charge is 2.21. The predicted octanol–water partition coefficient (Wildman–Crippen LogP) is 2.77. The summed E-state index contributed by atoms with van der Waals surface area (Å²) >= 11 is 4.91. The van der Waals surface area contributed by atoms with Crippen molar-refractivity contribution < 1.29 is 4.79 Å². The van der Waals surface area contributed by atoms with Crippen molar-refractivity contribution in [2.45, 2.75) is 65.3 Å². The minimum absolute atomic E-state index is 0.00504. The van der Waals surface area contributed by atoms with Crippen LogP contribution in [0.1, 0.15) is 59.3 Å². The zero-order chi connectivity index (χ0) is 13.3. The van der Waals surface area contributed by atoms with Crippen LogP contribution in [0.25, 0.3) is 0 Å². The van der Waals surface area contributed by atoms with Gasteiger partial charge in [0.25, 0.3) is 0 Å². The molecule has 0 rings (SSSR count). The first-order valence-corrected chi connectivity index (χ1v) is 7.07. The first kappa shape index (κ1) is 16.4. The van der Waals surface area contributed by atoms with Gasteiger partial charge in [0.2, 0.25) is 5.91 Å². The number of nitrogens with two attached hydrogens (primary N) is 1. The van der Waals surface area contributed by atoms with Crippen molar-refractivity contribution in [1.29, 1.82) is 0 Å². The average Bonchev–Trinajstić information content (AvgIpc) is 2.26. The Labute approximate surface area is 111 Å². The number of rotatable bonds is 9. The van der Waals surface area contributed by atoms with Gasteiger partial charge < -0.3 is 11.1 Å². The number of thiocarbonyl (C=S) groups is 1. The van der Waals surface area contributed by atoms with Crippen molar-refractivity contribution in [1.82, 2.24) is 5.32 Å². The second-order valence-corrected chi connectivity index (χ2v) is 4.97. The summed E-state index contributed by atoms with van der Waals surface area (Å²) in [7, 11) is 0. The Bertz CT molecular complexity index is 244. The van der Waals surface area contributed by atoms with Gasteiger partial charge in [-0.15, -0.1) is 0 Å². The Morgan fingerprint density at radius 3 is 2.29 bits per heavy atom. The molecule has 0 aliphatic heterocycles. The molecule has 0 bridgehead atoms. The maximum atomic E-state index is 12.0. The van der Waals surface area contributed by atoms with E-state index in [1.807, 2.05) is 6.92 Å². The average molecular weight is 258 g/mol. The predicted molar refractivity (Wildman–Crippen MR) is 76.9 cm³/mol. The molecule has 0 radical (unpaired) electrons. The molecule has 0 spiro atoms. The summed E-state index contributed by atoms with van der Waals surface area (Å²) in [5, 5.41) is 3.08. The summed E-state index contributed by atoms with van der Waals surface area (Å²) in [6, 6.07) is 0.274. The lowest BCUT2D eigenvalue weighted by Gasteiger charge is -2.21. The van der Waals surface area contributed by atoms with Crippen molar-refractivity contribution in [3.8, 4) is 0 Å². The molecule has 17 heavy (non-hydrogen) atoms. The van der Waals surface area contributed by atoms with Crippen molar-refractivity contribution in [3.05, 3.63) is 0 Å². The van der Waals surface area contributed by atoms with E-state index in [1.165, 1.54) is 0 Å².